The summed E-state index contributed by atoms with van der Waals surface area (Å²) in [6.07, 6.45) is 3.72. The van der Waals surface area contributed by atoms with Crippen molar-refractivity contribution in [2.24, 2.45) is 0 Å². The zero-order valence-electron chi connectivity index (χ0n) is 9.66. The number of ketones is 1. The summed E-state index contributed by atoms with van der Waals surface area (Å²) in [5.74, 6) is -1.94. The Balaban J connectivity index is 2.60. The van der Waals surface area contributed by atoms with Crippen molar-refractivity contribution < 1.29 is 19.4 Å². The minimum absolute atomic E-state index is 0.234. The van der Waals surface area contributed by atoms with Gasteiger partial charge in [-0.25, -0.2) is 4.79 Å². The Bertz CT molecular complexity index is 477. The van der Waals surface area contributed by atoms with Gasteiger partial charge in [0.25, 0.3) is 5.78 Å². The summed E-state index contributed by atoms with van der Waals surface area (Å²) in [5, 5.41) is 8.85. The summed E-state index contributed by atoms with van der Waals surface area (Å²) < 4.78 is 5.10. The van der Waals surface area contributed by atoms with Crippen LogP contribution >= 0.6 is 0 Å². The van der Waals surface area contributed by atoms with Gasteiger partial charge < -0.3 is 9.84 Å². The van der Waals surface area contributed by atoms with Crippen molar-refractivity contribution in [3.63, 3.8) is 0 Å². The number of methoxy groups -OCH3 is 1. The van der Waals surface area contributed by atoms with Crippen molar-refractivity contribution in [1.82, 2.24) is 0 Å². The highest BCUT2D eigenvalue weighted by Gasteiger charge is 2.26. The van der Waals surface area contributed by atoms with Crippen LogP contribution in [0.3, 0.4) is 0 Å². The molecule has 0 radical (unpaired) electrons. The van der Waals surface area contributed by atoms with Crippen LogP contribution in [0.1, 0.15) is 34.3 Å². The summed E-state index contributed by atoms with van der Waals surface area (Å²) in [4.78, 5) is 22.6. The first kappa shape index (κ1) is 11.6. The van der Waals surface area contributed by atoms with E-state index in [0.717, 1.165) is 36.8 Å². The Morgan fingerprint density at radius 2 is 1.94 bits per heavy atom. The van der Waals surface area contributed by atoms with E-state index in [1.165, 1.54) is 7.11 Å². The molecular weight excluding hydrogens is 220 g/mol. The van der Waals surface area contributed by atoms with Crippen molar-refractivity contribution in [2.75, 3.05) is 7.11 Å². The normalized spacial score (nSPS) is 13.9. The maximum atomic E-state index is 11.7. The van der Waals surface area contributed by atoms with E-state index in [1.807, 2.05) is 6.07 Å². The quantitative estimate of drug-likeness (QED) is 0.640. The van der Waals surface area contributed by atoms with Gasteiger partial charge in [0.15, 0.2) is 0 Å². The number of benzene rings is 1. The number of hydrogen-bond donors (Lipinski definition) is 1. The number of hydrogen-bond acceptors (Lipinski definition) is 3. The second-order valence-electron chi connectivity index (χ2n) is 4.12. The van der Waals surface area contributed by atoms with Gasteiger partial charge >= 0.3 is 5.97 Å². The largest absolute Gasteiger partial charge is 0.496 e. The van der Waals surface area contributed by atoms with Crippen LogP contribution in [-0.2, 0) is 17.6 Å². The number of fused-ring (bicyclic) bond motifs is 1. The monoisotopic (exact) mass is 234 g/mol. The molecule has 0 unspecified atom stereocenters. The average Bonchev–Trinajstić information content (AvgIpc) is 2.36. The summed E-state index contributed by atoms with van der Waals surface area (Å²) in [6, 6.07) is 3.60. The zero-order valence-corrected chi connectivity index (χ0v) is 9.66. The van der Waals surface area contributed by atoms with Crippen LogP contribution in [0.2, 0.25) is 0 Å². The summed E-state index contributed by atoms with van der Waals surface area (Å²) in [5.41, 5.74) is 2.15. The molecule has 0 saturated heterocycles. The highest BCUT2D eigenvalue weighted by Crippen LogP contribution is 2.31. The molecule has 0 spiro atoms. The van der Waals surface area contributed by atoms with Crippen molar-refractivity contribution in [3.8, 4) is 5.75 Å². The number of carboxylic acid groups (broad SMARTS) is 1. The van der Waals surface area contributed by atoms with E-state index in [9.17, 15) is 9.59 Å². The minimum Gasteiger partial charge on any atom is -0.496 e. The predicted octanol–water partition coefficient (Wildman–Crippen LogP) is 1.84. The number of carbonyl (C=O) groups is 2. The molecule has 1 aliphatic rings. The topological polar surface area (TPSA) is 63.6 Å². The molecule has 0 fully saturated rings. The molecule has 2 rings (SSSR count). The first-order chi connectivity index (χ1) is 8.15. The number of Topliss-reactive ketones (excluding diaryl/α,β-unsaturated/α-hetero) is 1. The van der Waals surface area contributed by atoms with Crippen LogP contribution in [0.5, 0.6) is 5.75 Å². The molecule has 4 heteroatoms. The van der Waals surface area contributed by atoms with Gasteiger partial charge in [-0.2, -0.15) is 0 Å². The molecule has 17 heavy (non-hydrogen) atoms. The fourth-order valence-corrected chi connectivity index (χ4v) is 2.33. The highest BCUT2D eigenvalue weighted by molar-refractivity contribution is 6.41. The van der Waals surface area contributed by atoms with E-state index in [1.54, 1.807) is 6.07 Å². The SMILES string of the molecule is COc1ccc2c(c1C(=O)C(=O)O)CCCC2. The third kappa shape index (κ3) is 2.02. The van der Waals surface area contributed by atoms with Crippen molar-refractivity contribution >= 4 is 11.8 Å². The van der Waals surface area contributed by atoms with Crippen LogP contribution in [0.15, 0.2) is 12.1 Å². The van der Waals surface area contributed by atoms with Gasteiger partial charge in [0.2, 0.25) is 0 Å². The molecule has 0 aromatic heterocycles. The van der Waals surface area contributed by atoms with Gasteiger partial charge in [-0.3, -0.25) is 4.79 Å². The van der Waals surface area contributed by atoms with E-state index in [-0.39, 0.29) is 5.56 Å². The number of carbonyl (C=O) groups excluding carboxylic acids is 1. The van der Waals surface area contributed by atoms with Gasteiger partial charge in [0, 0.05) is 0 Å². The Kier molecular flexibility index (Phi) is 3.13. The maximum absolute atomic E-state index is 11.7. The van der Waals surface area contributed by atoms with Crippen LogP contribution in [0, 0.1) is 0 Å². The third-order valence-electron chi connectivity index (χ3n) is 3.14. The van der Waals surface area contributed by atoms with Crippen LogP contribution in [-0.4, -0.2) is 24.0 Å². The number of aryl methyl sites for hydroxylation is 1. The molecule has 0 heterocycles. The van der Waals surface area contributed by atoms with E-state index < -0.39 is 11.8 Å². The lowest BCUT2D eigenvalue weighted by atomic mass is 9.86. The second-order valence-corrected chi connectivity index (χ2v) is 4.12. The minimum atomic E-state index is -1.43. The highest BCUT2D eigenvalue weighted by atomic mass is 16.5. The number of aliphatic carboxylic acids is 1. The maximum Gasteiger partial charge on any atom is 0.377 e. The standard InChI is InChI=1S/C13H14O4/c1-17-10-7-6-8-4-2-3-5-9(8)11(10)12(14)13(15)16/h6-7H,2-5H2,1H3,(H,15,16). The summed E-state index contributed by atoms with van der Waals surface area (Å²) in [7, 11) is 1.45. The lowest BCUT2D eigenvalue weighted by Gasteiger charge is -2.20. The Morgan fingerprint density at radius 3 is 2.59 bits per heavy atom. The van der Waals surface area contributed by atoms with Gasteiger partial charge in [0.1, 0.15) is 5.75 Å². The first-order valence-corrected chi connectivity index (χ1v) is 5.61. The molecule has 1 aliphatic carbocycles. The lowest BCUT2D eigenvalue weighted by molar-refractivity contribution is -0.131. The fourth-order valence-electron chi connectivity index (χ4n) is 2.33. The summed E-state index contributed by atoms with van der Waals surface area (Å²) >= 11 is 0. The van der Waals surface area contributed by atoms with Gasteiger partial charge in [0.05, 0.1) is 12.7 Å². The molecule has 0 amide bonds. The zero-order chi connectivity index (χ0) is 12.4. The molecule has 4 nitrogen and oxygen atoms in total. The number of rotatable bonds is 3. The van der Waals surface area contributed by atoms with E-state index >= 15 is 0 Å². The molecule has 1 aromatic carbocycles. The van der Waals surface area contributed by atoms with E-state index in [0.29, 0.717) is 5.75 Å². The van der Waals surface area contributed by atoms with Gasteiger partial charge in [-0.1, -0.05) is 6.07 Å². The molecule has 0 saturated carbocycles. The molecule has 0 atom stereocenters. The Morgan fingerprint density at radius 1 is 1.24 bits per heavy atom. The number of carboxylic acids is 1. The summed E-state index contributed by atoms with van der Waals surface area (Å²) in [6.45, 7) is 0. The van der Waals surface area contributed by atoms with Crippen LogP contribution < -0.4 is 4.74 Å². The Hall–Kier alpha value is -1.84. The second kappa shape index (κ2) is 4.57. The third-order valence-corrected chi connectivity index (χ3v) is 3.14. The molecule has 1 N–H and O–H groups in total. The van der Waals surface area contributed by atoms with Gasteiger partial charge in [-0.05, 0) is 42.9 Å². The molecular formula is C13H14O4. The van der Waals surface area contributed by atoms with Crippen molar-refractivity contribution in [3.05, 3.63) is 28.8 Å². The van der Waals surface area contributed by atoms with E-state index in [4.69, 9.17) is 9.84 Å². The van der Waals surface area contributed by atoms with Gasteiger partial charge in [-0.15, -0.1) is 0 Å². The first-order valence-electron chi connectivity index (χ1n) is 5.61. The predicted molar refractivity (Wildman–Crippen MR) is 61.6 cm³/mol. The van der Waals surface area contributed by atoms with Crippen LogP contribution in [0.25, 0.3) is 0 Å². The molecule has 0 aliphatic heterocycles. The average molecular weight is 234 g/mol. The lowest BCUT2D eigenvalue weighted by Crippen LogP contribution is -2.19. The van der Waals surface area contributed by atoms with E-state index in [2.05, 4.69) is 0 Å². The van der Waals surface area contributed by atoms with Crippen molar-refractivity contribution in [1.29, 1.82) is 0 Å². The van der Waals surface area contributed by atoms with Crippen LogP contribution in [0.4, 0.5) is 0 Å². The molecule has 1 aromatic rings. The number of ether oxygens (including phenoxy) is 1. The molecule has 0 bridgehead atoms. The Labute approximate surface area is 99.2 Å². The fraction of sp³-hybridized carbons (Fsp3) is 0.385. The molecule has 90 valence electrons. The smallest absolute Gasteiger partial charge is 0.377 e. The van der Waals surface area contributed by atoms with Crippen molar-refractivity contribution in [2.45, 2.75) is 25.7 Å².